The van der Waals surface area contributed by atoms with Crippen molar-refractivity contribution in [1.82, 2.24) is 0 Å². The van der Waals surface area contributed by atoms with E-state index in [-0.39, 0.29) is 0 Å². The topological polar surface area (TPSA) is 52.6 Å². The average Bonchev–Trinajstić information content (AvgIpc) is 2.30. The van der Waals surface area contributed by atoms with Crippen molar-refractivity contribution in [3.05, 3.63) is 35.4 Å². The van der Waals surface area contributed by atoms with Crippen LogP contribution in [0.15, 0.2) is 29.8 Å². The van der Waals surface area contributed by atoms with Crippen LogP contribution in [-0.4, -0.2) is 31.7 Å². The number of carboxylic acid groups (broad SMARTS) is 1. The number of rotatable bonds is 5. The van der Waals surface area contributed by atoms with E-state index in [0.717, 1.165) is 11.4 Å². The quantitative estimate of drug-likeness (QED) is 0.786. The van der Waals surface area contributed by atoms with Crippen molar-refractivity contribution in [2.24, 2.45) is 0 Å². The molecule has 1 aromatic rings. The van der Waals surface area contributed by atoms with E-state index in [9.17, 15) is 4.79 Å². The van der Waals surface area contributed by atoms with E-state index in [1.807, 2.05) is 26.2 Å². The number of carbonyl (C=O) groups is 1. The molecule has 98 valence electrons. The Morgan fingerprint density at radius 1 is 1.44 bits per heavy atom. The Labute approximate surface area is 108 Å². The Balaban J connectivity index is 2.72. The number of benzene rings is 1. The van der Waals surface area contributed by atoms with Gasteiger partial charge in [-0.2, -0.15) is 0 Å². The van der Waals surface area contributed by atoms with Crippen LogP contribution in [0.25, 0.3) is 0 Å². The van der Waals surface area contributed by atoms with Gasteiger partial charge < -0.3 is 15.3 Å². The van der Waals surface area contributed by atoms with Gasteiger partial charge in [-0.15, -0.1) is 0 Å². The van der Waals surface area contributed by atoms with E-state index >= 15 is 0 Å². The zero-order valence-electron chi connectivity index (χ0n) is 11.3. The fourth-order valence-electron chi connectivity index (χ4n) is 1.61. The van der Waals surface area contributed by atoms with Crippen LogP contribution in [0.2, 0.25) is 0 Å². The Morgan fingerprint density at radius 2 is 2.11 bits per heavy atom. The van der Waals surface area contributed by atoms with Gasteiger partial charge in [-0.1, -0.05) is 12.1 Å². The third-order valence-corrected chi connectivity index (χ3v) is 2.74. The van der Waals surface area contributed by atoms with Crippen LogP contribution in [0.3, 0.4) is 0 Å². The lowest BCUT2D eigenvalue weighted by Gasteiger charge is -2.17. The van der Waals surface area contributed by atoms with Gasteiger partial charge in [0.1, 0.15) is 0 Å². The van der Waals surface area contributed by atoms with E-state index in [1.165, 1.54) is 5.56 Å². The first-order chi connectivity index (χ1) is 8.41. The summed E-state index contributed by atoms with van der Waals surface area (Å²) in [7, 11) is 4.00. The second-order valence-electron chi connectivity index (χ2n) is 4.47. The lowest BCUT2D eigenvalue weighted by molar-refractivity contribution is -0.132. The summed E-state index contributed by atoms with van der Waals surface area (Å²) in [6.45, 7) is 4.16. The minimum atomic E-state index is -0.880. The predicted octanol–water partition coefficient (Wildman–Crippen LogP) is 2.50. The van der Waals surface area contributed by atoms with Gasteiger partial charge in [0.15, 0.2) is 0 Å². The third kappa shape index (κ3) is 3.80. The zero-order chi connectivity index (χ0) is 13.7. The molecule has 0 bridgehead atoms. The fourth-order valence-corrected chi connectivity index (χ4v) is 1.61. The Bertz CT molecular complexity index is 465. The molecule has 0 aliphatic heterocycles. The van der Waals surface area contributed by atoms with Gasteiger partial charge in [-0.3, -0.25) is 0 Å². The normalized spacial score (nSPS) is 11.2. The number of hydrogen-bond donors (Lipinski definition) is 2. The minimum absolute atomic E-state index is 0.349. The summed E-state index contributed by atoms with van der Waals surface area (Å²) < 4.78 is 0. The van der Waals surface area contributed by atoms with Crippen LogP contribution >= 0.6 is 0 Å². The van der Waals surface area contributed by atoms with E-state index in [2.05, 4.69) is 23.2 Å². The molecule has 4 nitrogen and oxygen atoms in total. The molecule has 0 aromatic heterocycles. The van der Waals surface area contributed by atoms with E-state index in [4.69, 9.17) is 5.11 Å². The van der Waals surface area contributed by atoms with E-state index in [1.54, 1.807) is 13.0 Å². The number of nitrogens with zero attached hydrogens (tertiary/aromatic N) is 1. The molecule has 0 radical (unpaired) electrons. The van der Waals surface area contributed by atoms with Crippen molar-refractivity contribution in [1.29, 1.82) is 0 Å². The standard InChI is InChI=1S/C14H20N2O2/c1-10-5-6-12(9-13(10)16(3)4)15-8-7-11(2)14(17)18/h5-7,9,15H,8H2,1-4H3,(H,17,18)/b11-7-. The number of anilines is 2. The molecule has 0 aliphatic rings. The van der Waals surface area contributed by atoms with Crippen LogP contribution in [-0.2, 0) is 4.79 Å². The maximum Gasteiger partial charge on any atom is 0.331 e. The minimum Gasteiger partial charge on any atom is -0.478 e. The van der Waals surface area contributed by atoms with Gasteiger partial charge in [-0.25, -0.2) is 4.79 Å². The second kappa shape index (κ2) is 6.10. The number of aryl methyl sites for hydroxylation is 1. The summed E-state index contributed by atoms with van der Waals surface area (Å²) in [5.41, 5.74) is 3.70. The van der Waals surface area contributed by atoms with Crippen molar-refractivity contribution in [3.8, 4) is 0 Å². The van der Waals surface area contributed by atoms with Gasteiger partial charge in [0.2, 0.25) is 0 Å². The summed E-state index contributed by atoms with van der Waals surface area (Å²) in [6, 6.07) is 6.09. The number of carboxylic acids is 1. The maximum absolute atomic E-state index is 10.6. The molecule has 0 fully saturated rings. The molecule has 0 spiro atoms. The van der Waals surface area contributed by atoms with Crippen LogP contribution in [0.4, 0.5) is 11.4 Å². The van der Waals surface area contributed by atoms with Gasteiger partial charge in [-0.05, 0) is 31.5 Å². The molecule has 0 amide bonds. The van der Waals surface area contributed by atoms with Crippen molar-refractivity contribution in [3.63, 3.8) is 0 Å². The molecule has 1 rings (SSSR count). The molecule has 0 saturated carbocycles. The molecule has 4 heteroatoms. The summed E-state index contributed by atoms with van der Waals surface area (Å²) in [5.74, 6) is -0.880. The summed E-state index contributed by atoms with van der Waals surface area (Å²) >= 11 is 0. The molecule has 0 atom stereocenters. The molecular formula is C14H20N2O2. The van der Waals surface area contributed by atoms with Crippen LogP contribution < -0.4 is 10.2 Å². The molecule has 1 aromatic carbocycles. The van der Waals surface area contributed by atoms with Gasteiger partial charge in [0.05, 0.1) is 0 Å². The molecule has 0 saturated heterocycles. The molecule has 18 heavy (non-hydrogen) atoms. The maximum atomic E-state index is 10.6. The Hall–Kier alpha value is -1.97. The van der Waals surface area contributed by atoms with Crippen molar-refractivity contribution in [2.75, 3.05) is 30.9 Å². The van der Waals surface area contributed by atoms with E-state index < -0.39 is 5.97 Å². The second-order valence-corrected chi connectivity index (χ2v) is 4.47. The van der Waals surface area contributed by atoms with Gasteiger partial charge in [0.25, 0.3) is 0 Å². The lowest BCUT2D eigenvalue weighted by atomic mass is 10.1. The number of aliphatic carboxylic acids is 1. The van der Waals surface area contributed by atoms with Crippen molar-refractivity contribution in [2.45, 2.75) is 13.8 Å². The van der Waals surface area contributed by atoms with Crippen molar-refractivity contribution < 1.29 is 9.90 Å². The molecule has 0 heterocycles. The monoisotopic (exact) mass is 248 g/mol. The highest BCUT2D eigenvalue weighted by molar-refractivity contribution is 5.85. The smallest absolute Gasteiger partial charge is 0.331 e. The largest absolute Gasteiger partial charge is 0.478 e. The number of nitrogens with one attached hydrogen (secondary N) is 1. The average molecular weight is 248 g/mol. The van der Waals surface area contributed by atoms with Crippen molar-refractivity contribution >= 4 is 17.3 Å². The van der Waals surface area contributed by atoms with Crippen LogP contribution in [0, 0.1) is 6.92 Å². The zero-order valence-corrected chi connectivity index (χ0v) is 11.3. The molecule has 0 unspecified atom stereocenters. The Kier molecular flexibility index (Phi) is 4.77. The fraction of sp³-hybridized carbons (Fsp3) is 0.357. The van der Waals surface area contributed by atoms with Gasteiger partial charge >= 0.3 is 5.97 Å². The van der Waals surface area contributed by atoms with Gasteiger partial charge in [0, 0.05) is 37.6 Å². The van der Waals surface area contributed by atoms with Crippen LogP contribution in [0.5, 0.6) is 0 Å². The summed E-state index contributed by atoms with van der Waals surface area (Å²) in [4.78, 5) is 12.7. The third-order valence-electron chi connectivity index (χ3n) is 2.74. The highest BCUT2D eigenvalue weighted by Crippen LogP contribution is 2.22. The SMILES string of the molecule is C/C(=C/CNc1ccc(C)c(N(C)C)c1)C(=O)O. The Morgan fingerprint density at radius 3 is 2.67 bits per heavy atom. The van der Waals surface area contributed by atoms with Crippen LogP contribution in [0.1, 0.15) is 12.5 Å². The molecular weight excluding hydrogens is 228 g/mol. The summed E-state index contributed by atoms with van der Waals surface area (Å²) in [6.07, 6.45) is 1.66. The predicted molar refractivity (Wildman–Crippen MR) is 75.4 cm³/mol. The summed E-state index contributed by atoms with van der Waals surface area (Å²) in [5, 5.41) is 11.9. The highest BCUT2D eigenvalue weighted by atomic mass is 16.4. The number of hydrogen-bond acceptors (Lipinski definition) is 3. The highest BCUT2D eigenvalue weighted by Gasteiger charge is 2.02. The molecule has 0 aliphatic carbocycles. The first kappa shape index (κ1) is 14.1. The first-order valence-corrected chi connectivity index (χ1v) is 5.83. The van der Waals surface area contributed by atoms with E-state index in [0.29, 0.717) is 12.1 Å². The lowest BCUT2D eigenvalue weighted by Crippen LogP contribution is -2.11. The molecule has 2 N–H and O–H groups in total. The first-order valence-electron chi connectivity index (χ1n) is 5.83.